The number of hydrogen-bond donors (Lipinski definition) is 2. The molecule has 2 atom stereocenters. The summed E-state index contributed by atoms with van der Waals surface area (Å²) in [5, 5.41) is 21.9. The number of hydroxylamine groups is 4. The van der Waals surface area contributed by atoms with Gasteiger partial charge in [-0.2, -0.15) is 10.4 Å². The molecule has 1 amide bonds. The Hall–Kier alpha value is -4.23. The van der Waals surface area contributed by atoms with E-state index in [-0.39, 0.29) is 24.0 Å². The minimum absolute atomic E-state index is 0.00967. The van der Waals surface area contributed by atoms with Crippen LogP contribution in [0, 0.1) is 0 Å². The van der Waals surface area contributed by atoms with Crippen LogP contribution < -0.4 is 23.7 Å². The Morgan fingerprint density at radius 1 is 0.880 bits per heavy atom. The Kier molecular flexibility index (Phi) is 12.7. The fourth-order valence-corrected chi connectivity index (χ4v) is 6.62. The lowest BCUT2D eigenvalue weighted by molar-refractivity contribution is -1.15. The maximum Gasteiger partial charge on any atom is 0.415 e. The quantitative estimate of drug-likeness (QED) is 0.0409. The molecule has 4 aromatic carbocycles. The number of halogens is 1. The Morgan fingerprint density at radius 3 is 2.16 bits per heavy atom. The summed E-state index contributed by atoms with van der Waals surface area (Å²) in [5.41, 5.74) is 2.78. The highest BCUT2D eigenvalue weighted by Gasteiger charge is 2.34. The van der Waals surface area contributed by atoms with Crippen LogP contribution >= 0.6 is 23.4 Å². The van der Waals surface area contributed by atoms with E-state index in [4.69, 9.17) is 40.0 Å². The summed E-state index contributed by atoms with van der Waals surface area (Å²) in [5.74, 6) is 2.46. The Bertz CT molecular complexity index is 1760. The lowest BCUT2D eigenvalue weighted by Gasteiger charge is -2.19. The molecule has 1 aliphatic rings. The van der Waals surface area contributed by atoms with E-state index in [0.717, 1.165) is 27.8 Å². The molecule has 5 rings (SSSR count). The molecular weight excluding hydrogens is 682 g/mol. The van der Waals surface area contributed by atoms with Gasteiger partial charge in [0.25, 0.3) is 0 Å². The first-order valence-electron chi connectivity index (χ1n) is 15.9. The molecule has 10 nitrogen and oxygen atoms in total. The van der Waals surface area contributed by atoms with Crippen LogP contribution in [0.15, 0.2) is 96.0 Å². The number of amides is 1. The predicted molar refractivity (Wildman–Crippen MR) is 190 cm³/mol. The summed E-state index contributed by atoms with van der Waals surface area (Å²) in [6.07, 6.45) is 3.23. The molecule has 264 valence electrons. The first kappa shape index (κ1) is 37.0. The smallest absolute Gasteiger partial charge is 0.415 e. The Morgan fingerprint density at radius 2 is 1.52 bits per heavy atom. The molecule has 0 saturated carbocycles. The van der Waals surface area contributed by atoms with Gasteiger partial charge in [-0.15, -0.1) is 11.8 Å². The third-order valence-electron chi connectivity index (χ3n) is 8.28. The average Bonchev–Trinajstić information content (AvgIpc) is 3.64. The van der Waals surface area contributed by atoms with Gasteiger partial charge in [-0.1, -0.05) is 35.9 Å². The number of allylic oxidation sites excluding steroid dienone is 1. The van der Waals surface area contributed by atoms with Crippen LogP contribution in [-0.2, 0) is 11.2 Å². The summed E-state index contributed by atoms with van der Waals surface area (Å²) >= 11 is 7.66. The molecular formula is C38H41ClNO9S+. The van der Waals surface area contributed by atoms with Crippen molar-refractivity contribution >= 4 is 29.3 Å². The van der Waals surface area contributed by atoms with Crippen molar-refractivity contribution in [3.63, 3.8) is 0 Å². The van der Waals surface area contributed by atoms with Crippen molar-refractivity contribution in [2.45, 2.75) is 29.8 Å². The molecule has 0 bridgehead atoms. The molecule has 2 unspecified atom stereocenters. The molecule has 1 aliphatic heterocycles. The van der Waals surface area contributed by atoms with Crippen molar-refractivity contribution in [2.24, 2.45) is 0 Å². The van der Waals surface area contributed by atoms with Crippen molar-refractivity contribution in [3.8, 4) is 28.7 Å². The van der Waals surface area contributed by atoms with Crippen LogP contribution in [0.4, 0.5) is 0 Å². The van der Waals surface area contributed by atoms with Crippen molar-refractivity contribution in [3.05, 3.63) is 118 Å². The number of nitrogens with zero attached hydrogens (tertiary/aromatic N) is 1. The summed E-state index contributed by atoms with van der Waals surface area (Å²) in [4.78, 5) is 11.9. The number of carbonyl (C=O) groups is 1. The van der Waals surface area contributed by atoms with Crippen LogP contribution in [0.2, 0.25) is 5.02 Å². The molecule has 1 saturated heterocycles. The fraction of sp³-hybridized carbons (Fsp3) is 0.289. The lowest BCUT2D eigenvalue weighted by Crippen LogP contribution is -2.41. The molecule has 50 heavy (non-hydrogen) atoms. The average molecular weight is 723 g/mol. The van der Waals surface area contributed by atoms with E-state index in [0.29, 0.717) is 59.2 Å². The van der Waals surface area contributed by atoms with Crippen molar-refractivity contribution < 1.29 is 48.4 Å². The first-order valence-corrected chi connectivity index (χ1v) is 17.3. The number of hydrogen-bond acceptors (Lipinski definition) is 10. The zero-order valence-corrected chi connectivity index (χ0v) is 29.9. The van der Waals surface area contributed by atoms with Gasteiger partial charge in [-0.3, -0.25) is 0 Å². The van der Waals surface area contributed by atoms with Gasteiger partial charge in [0.2, 0.25) is 5.75 Å². The third-order valence-corrected chi connectivity index (χ3v) is 9.51. The van der Waals surface area contributed by atoms with Gasteiger partial charge < -0.3 is 28.4 Å². The topological polar surface area (TPSA) is 113 Å². The number of carbonyl (C=O) groups excluding carboxylic acids is 1. The number of ether oxygens (including phenoxy) is 6. The summed E-state index contributed by atoms with van der Waals surface area (Å²) < 4.78 is 35.0. The van der Waals surface area contributed by atoms with E-state index < -0.39 is 10.7 Å². The number of quaternary nitrogens is 1. The number of rotatable bonds is 15. The molecule has 1 fully saturated rings. The zero-order valence-electron chi connectivity index (χ0n) is 28.3. The van der Waals surface area contributed by atoms with Gasteiger partial charge in [0.05, 0.1) is 53.3 Å². The van der Waals surface area contributed by atoms with Gasteiger partial charge in [-0.25, -0.2) is 4.79 Å². The van der Waals surface area contributed by atoms with Crippen molar-refractivity contribution in [2.75, 3.05) is 47.4 Å². The highest BCUT2D eigenvalue weighted by molar-refractivity contribution is 7.99. The summed E-state index contributed by atoms with van der Waals surface area (Å²) in [6, 6.07) is 23.5. The van der Waals surface area contributed by atoms with E-state index >= 15 is 0 Å². The van der Waals surface area contributed by atoms with E-state index in [2.05, 4.69) is 0 Å². The van der Waals surface area contributed by atoms with Crippen molar-refractivity contribution in [1.82, 2.24) is 0 Å². The van der Waals surface area contributed by atoms with E-state index in [1.54, 1.807) is 58.4 Å². The minimum atomic E-state index is -1.93. The van der Waals surface area contributed by atoms with Gasteiger partial charge in [0.1, 0.15) is 0 Å². The second-order valence-corrected chi connectivity index (χ2v) is 13.1. The second kappa shape index (κ2) is 17.1. The van der Waals surface area contributed by atoms with Gasteiger partial charge in [0.15, 0.2) is 29.2 Å². The van der Waals surface area contributed by atoms with Crippen LogP contribution in [0.5, 0.6) is 28.7 Å². The highest BCUT2D eigenvalue weighted by Crippen LogP contribution is 2.46. The molecule has 0 spiro atoms. The first-order chi connectivity index (χ1) is 24.2. The van der Waals surface area contributed by atoms with Gasteiger partial charge in [0, 0.05) is 32.0 Å². The molecule has 12 heteroatoms. The number of methoxy groups -OCH3 is 4. The largest absolute Gasteiger partial charge is 0.493 e. The van der Waals surface area contributed by atoms with Gasteiger partial charge >= 0.3 is 5.91 Å². The molecule has 0 aliphatic carbocycles. The van der Waals surface area contributed by atoms with Crippen LogP contribution in [0.25, 0.3) is 0 Å². The zero-order chi connectivity index (χ0) is 35.7. The Balaban J connectivity index is 1.39. The Labute approximate surface area is 301 Å². The maximum absolute atomic E-state index is 12.8. The van der Waals surface area contributed by atoms with E-state index in [1.165, 1.54) is 18.2 Å². The SMILES string of the molecule is COc1cc(C2COC(c3cc(OC)c(OC)c(OC)c3)C2)cc(CC=C[N+](O)(O)C(=O)c2ccccc2)c1OCCSc1ccc(Cl)cc1. The minimum Gasteiger partial charge on any atom is -0.493 e. The standard InChI is InChI=1S/C38H41ClNO9S/c1-44-33-20-27(29-23-32(49-24-29)28-21-34(45-2)37(47-4)35(22-28)46-3)19-26(36(33)48-17-18-50-31-14-12-30(39)13-15-31)11-8-16-40(42,43)38(41)25-9-6-5-7-10-25/h5-10,12-16,19-22,29,32,42-43H,11,17-18,23-24H2,1-4H3/q+1. The fourth-order valence-electron chi connectivity index (χ4n) is 5.76. The van der Waals surface area contributed by atoms with Crippen LogP contribution in [0.3, 0.4) is 0 Å². The predicted octanol–water partition coefficient (Wildman–Crippen LogP) is 8.28. The van der Waals surface area contributed by atoms with Crippen LogP contribution in [-0.4, -0.2) is 68.5 Å². The summed E-state index contributed by atoms with van der Waals surface area (Å²) in [6.45, 7) is 0.832. The third kappa shape index (κ3) is 8.91. The number of thioether (sulfide) groups is 1. The van der Waals surface area contributed by atoms with Crippen LogP contribution in [0.1, 0.15) is 45.5 Å². The highest BCUT2D eigenvalue weighted by atomic mass is 35.5. The molecule has 4 aromatic rings. The molecule has 0 aromatic heterocycles. The maximum atomic E-state index is 12.8. The number of benzene rings is 4. The molecule has 0 radical (unpaired) electrons. The monoisotopic (exact) mass is 722 g/mol. The second-order valence-electron chi connectivity index (χ2n) is 11.5. The van der Waals surface area contributed by atoms with Crippen molar-refractivity contribution in [1.29, 1.82) is 0 Å². The van der Waals surface area contributed by atoms with E-state index in [9.17, 15) is 15.2 Å². The summed E-state index contributed by atoms with van der Waals surface area (Å²) in [7, 11) is 6.31. The van der Waals surface area contributed by atoms with Gasteiger partial charge in [-0.05, 0) is 84.6 Å². The molecule has 2 N–H and O–H groups in total. The normalized spacial score (nSPS) is 16.0. The molecule has 1 heterocycles. The lowest BCUT2D eigenvalue weighted by atomic mass is 9.91. The van der Waals surface area contributed by atoms with E-state index in [1.807, 2.05) is 48.5 Å².